The number of fused-ring (bicyclic) bond motifs is 1. The summed E-state index contributed by atoms with van der Waals surface area (Å²) in [6.45, 7) is 2.04. The van der Waals surface area contributed by atoms with Gasteiger partial charge in [-0.3, -0.25) is 4.79 Å². The predicted molar refractivity (Wildman–Crippen MR) is 104 cm³/mol. The number of anilines is 1. The Morgan fingerprint density at radius 1 is 1.11 bits per heavy atom. The fourth-order valence-electron chi connectivity index (χ4n) is 2.79. The third-order valence-electron chi connectivity index (χ3n) is 4.38. The molecule has 144 valence electrons. The second-order valence-corrected chi connectivity index (χ2v) is 7.97. The van der Waals surface area contributed by atoms with Crippen LogP contribution in [-0.2, 0) is 15.0 Å². The first-order valence-electron chi connectivity index (χ1n) is 8.42. The van der Waals surface area contributed by atoms with Gasteiger partial charge in [-0.1, -0.05) is 17.7 Å². The summed E-state index contributed by atoms with van der Waals surface area (Å²) in [5.41, 5.74) is 2.22. The minimum atomic E-state index is -4.05. The molecule has 0 atom stereocenters. The number of nitrogens with one attached hydrogen (secondary N) is 1. The zero-order valence-corrected chi connectivity index (χ0v) is 16.0. The van der Waals surface area contributed by atoms with Crippen molar-refractivity contribution in [2.75, 3.05) is 19.2 Å². The lowest BCUT2D eigenvalue weighted by molar-refractivity contribution is -0.113. The van der Waals surface area contributed by atoms with Gasteiger partial charge in [-0.25, -0.2) is 4.31 Å². The molecule has 8 nitrogen and oxygen atoms in total. The first-order chi connectivity index (χ1) is 13.3. The maximum atomic E-state index is 12.7. The van der Waals surface area contributed by atoms with Crippen molar-refractivity contribution in [3.8, 4) is 11.5 Å². The number of allylic oxidation sites excluding steroid dienone is 1. The quantitative estimate of drug-likeness (QED) is 0.854. The third-order valence-corrected chi connectivity index (χ3v) is 5.70. The first-order valence-corrected chi connectivity index (χ1v) is 9.82. The van der Waals surface area contributed by atoms with E-state index in [4.69, 9.17) is 9.47 Å². The fourth-order valence-corrected chi connectivity index (χ4v) is 3.70. The number of carbonyl (C=O) groups excluding carboxylic acids is 1. The van der Waals surface area contributed by atoms with Gasteiger partial charge >= 0.3 is 10.2 Å². The lowest BCUT2D eigenvalue weighted by Gasteiger charge is -2.23. The van der Waals surface area contributed by atoms with Crippen molar-refractivity contribution < 1.29 is 22.7 Å². The van der Waals surface area contributed by atoms with E-state index in [1.54, 1.807) is 30.3 Å². The van der Waals surface area contributed by atoms with E-state index in [1.165, 1.54) is 13.1 Å². The summed E-state index contributed by atoms with van der Waals surface area (Å²) >= 11 is 0. The van der Waals surface area contributed by atoms with Gasteiger partial charge < -0.3 is 14.8 Å². The fraction of sp³-hybridized carbons (Fsp3) is 0.158. The molecule has 0 spiro atoms. The van der Waals surface area contributed by atoms with Crippen LogP contribution >= 0.6 is 0 Å². The summed E-state index contributed by atoms with van der Waals surface area (Å²) in [5, 5.41) is 2.71. The number of nitrogens with zero attached hydrogens (tertiary/aromatic N) is 2. The Morgan fingerprint density at radius 2 is 1.82 bits per heavy atom. The van der Waals surface area contributed by atoms with Crippen molar-refractivity contribution in [3.63, 3.8) is 0 Å². The zero-order chi connectivity index (χ0) is 19.9. The zero-order valence-electron chi connectivity index (χ0n) is 15.2. The van der Waals surface area contributed by atoms with Crippen LogP contribution in [0.2, 0.25) is 0 Å². The van der Waals surface area contributed by atoms with E-state index < -0.39 is 16.1 Å². The summed E-state index contributed by atoms with van der Waals surface area (Å²) in [7, 11) is -2.76. The van der Waals surface area contributed by atoms with E-state index in [2.05, 4.69) is 9.71 Å². The summed E-state index contributed by atoms with van der Waals surface area (Å²) in [6, 6.07) is 12.2. The second-order valence-electron chi connectivity index (χ2n) is 6.34. The highest BCUT2D eigenvalue weighted by molar-refractivity contribution is 7.88. The smallest absolute Gasteiger partial charge is 0.345 e. The minimum Gasteiger partial charge on any atom is -0.454 e. The molecule has 0 aromatic heterocycles. The predicted octanol–water partition coefficient (Wildman–Crippen LogP) is 2.23. The normalized spacial score (nSPS) is 17.0. The number of rotatable bonds is 3. The lowest BCUT2D eigenvalue weighted by Crippen LogP contribution is -2.35. The molecule has 2 aliphatic heterocycles. The summed E-state index contributed by atoms with van der Waals surface area (Å²) in [6.07, 6.45) is 1.43. The molecule has 0 saturated heterocycles. The van der Waals surface area contributed by atoms with E-state index in [0.29, 0.717) is 22.7 Å². The van der Waals surface area contributed by atoms with Gasteiger partial charge in [0.15, 0.2) is 11.5 Å². The van der Waals surface area contributed by atoms with Gasteiger partial charge in [-0.2, -0.15) is 8.42 Å². The number of hydrogen-bond acceptors (Lipinski definition) is 5. The van der Waals surface area contributed by atoms with Crippen LogP contribution in [0.5, 0.6) is 11.5 Å². The molecule has 28 heavy (non-hydrogen) atoms. The maximum Gasteiger partial charge on any atom is 0.345 e. The topological polar surface area (TPSA) is 97.3 Å². The number of ether oxygens (including phenoxy) is 2. The molecule has 2 aliphatic rings. The molecule has 2 aromatic rings. The Morgan fingerprint density at radius 3 is 2.57 bits per heavy atom. The van der Waals surface area contributed by atoms with Crippen LogP contribution in [0, 0.1) is 6.92 Å². The van der Waals surface area contributed by atoms with Crippen molar-refractivity contribution in [1.29, 1.82) is 0 Å². The third kappa shape index (κ3) is 3.31. The molecule has 0 aliphatic carbocycles. The van der Waals surface area contributed by atoms with Crippen LogP contribution in [0.4, 0.5) is 5.69 Å². The number of benzene rings is 2. The largest absolute Gasteiger partial charge is 0.454 e. The molecule has 2 heterocycles. The molecule has 0 unspecified atom stereocenters. The second kappa shape index (κ2) is 6.68. The van der Waals surface area contributed by atoms with Gasteiger partial charge in [-0.15, -0.1) is 4.40 Å². The van der Waals surface area contributed by atoms with E-state index in [0.717, 1.165) is 9.87 Å². The molecule has 4 rings (SSSR count). The van der Waals surface area contributed by atoms with Gasteiger partial charge in [0.25, 0.3) is 5.91 Å². The molecule has 1 N–H and O–H groups in total. The van der Waals surface area contributed by atoms with Crippen LogP contribution in [0.1, 0.15) is 11.1 Å². The van der Waals surface area contributed by atoms with Gasteiger partial charge in [0.2, 0.25) is 6.79 Å². The Labute approximate surface area is 162 Å². The van der Waals surface area contributed by atoms with Crippen LogP contribution in [0.15, 0.2) is 58.6 Å². The molecule has 9 heteroatoms. The van der Waals surface area contributed by atoms with Gasteiger partial charge in [0.1, 0.15) is 5.70 Å². The highest BCUT2D eigenvalue weighted by atomic mass is 32.2. The highest BCUT2D eigenvalue weighted by Gasteiger charge is 2.30. The van der Waals surface area contributed by atoms with Crippen molar-refractivity contribution in [2.45, 2.75) is 6.92 Å². The highest BCUT2D eigenvalue weighted by Crippen LogP contribution is 2.33. The summed E-state index contributed by atoms with van der Waals surface area (Å²) < 4.78 is 40.2. The molecular formula is C19H17N3O5S. The van der Waals surface area contributed by atoms with Gasteiger partial charge in [0, 0.05) is 18.3 Å². The maximum absolute atomic E-state index is 12.7. The Balaban J connectivity index is 1.68. The van der Waals surface area contributed by atoms with Crippen LogP contribution in [0.3, 0.4) is 0 Å². The van der Waals surface area contributed by atoms with Crippen LogP contribution in [0.25, 0.3) is 0 Å². The van der Waals surface area contributed by atoms with Gasteiger partial charge in [-0.05, 0) is 43.3 Å². The Bertz CT molecular complexity index is 1120. The molecule has 0 radical (unpaired) electrons. The minimum absolute atomic E-state index is 0.0387. The number of likely N-dealkylation sites (N-methyl/N-ethyl adjacent to an activating group) is 1. The average molecular weight is 399 g/mol. The van der Waals surface area contributed by atoms with E-state index >= 15 is 0 Å². The SMILES string of the molecule is Cc1ccc(NC(=O)C2=CC(c3ccc4c(c3)OCO4)=NS(=O)(=O)N2C)cc1. The Hall–Kier alpha value is -3.33. The van der Waals surface area contributed by atoms with Crippen molar-refractivity contribution >= 4 is 27.5 Å². The van der Waals surface area contributed by atoms with E-state index in [1.807, 2.05) is 19.1 Å². The van der Waals surface area contributed by atoms with Gasteiger partial charge in [0.05, 0.1) is 5.71 Å². The van der Waals surface area contributed by atoms with Crippen molar-refractivity contribution in [2.24, 2.45) is 4.40 Å². The van der Waals surface area contributed by atoms with E-state index in [-0.39, 0.29) is 18.2 Å². The molecule has 1 amide bonds. The van der Waals surface area contributed by atoms with Crippen LogP contribution in [-0.4, -0.2) is 38.2 Å². The number of carbonyl (C=O) groups is 1. The van der Waals surface area contributed by atoms with Crippen LogP contribution < -0.4 is 14.8 Å². The van der Waals surface area contributed by atoms with E-state index in [9.17, 15) is 13.2 Å². The molecule has 2 aromatic carbocycles. The number of amides is 1. The van der Waals surface area contributed by atoms with Crippen molar-refractivity contribution in [1.82, 2.24) is 4.31 Å². The standard InChI is InChI=1S/C19H17N3O5S/c1-12-3-6-14(7-4-12)20-19(23)16-10-15(21-28(24,25)22(16)2)13-5-8-17-18(9-13)27-11-26-17/h3-10H,11H2,1-2H3,(H,20,23). The average Bonchev–Trinajstić information content (AvgIpc) is 3.13. The Kier molecular flexibility index (Phi) is 4.31. The molecule has 0 saturated carbocycles. The van der Waals surface area contributed by atoms with Crippen molar-refractivity contribution in [3.05, 3.63) is 65.4 Å². The molecule has 0 bridgehead atoms. The number of aryl methyl sites for hydroxylation is 1. The first kappa shape index (κ1) is 18.1. The number of hydrogen-bond donors (Lipinski definition) is 1. The monoisotopic (exact) mass is 399 g/mol. The summed E-state index contributed by atoms with van der Waals surface area (Å²) in [5.74, 6) is 0.514. The molecular weight excluding hydrogens is 382 g/mol. The molecule has 0 fully saturated rings. The summed E-state index contributed by atoms with van der Waals surface area (Å²) in [4.78, 5) is 12.7. The lowest BCUT2D eigenvalue weighted by atomic mass is 10.1.